The highest BCUT2D eigenvalue weighted by molar-refractivity contribution is 5.92. The first-order chi connectivity index (χ1) is 18.0. The van der Waals surface area contributed by atoms with Crippen LogP contribution in [0.5, 0.6) is 6.01 Å². The van der Waals surface area contributed by atoms with Crippen LogP contribution in [0, 0.1) is 18.7 Å². The summed E-state index contributed by atoms with van der Waals surface area (Å²) in [6.45, 7) is 12.7. The molecule has 6 rings (SSSR count). The highest BCUT2D eigenvalue weighted by Gasteiger charge is 2.45. The number of piperidine rings is 1. The monoisotopic (exact) mass is 501 g/mol. The summed E-state index contributed by atoms with van der Waals surface area (Å²) in [7, 11) is 0. The minimum atomic E-state index is -0.429. The van der Waals surface area contributed by atoms with E-state index in [-0.39, 0.29) is 17.1 Å². The Balaban J connectivity index is 1.44. The molecule has 6 nitrogen and oxygen atoms in total. The van der Waals surface area contributed by atoms with E-state index in [9.17, 15) is 0 Å². The Morgan fingerprint density at radius 1 is 1.16 bits per heavy atom. The van der Waals surface area contributed by atoms with Gasteiger partial charge in [-0.1, -0.05) is 37.8 Å². The van der Waals surface area contributed by atoms with Gasteiger partial charge in [0.15, 0.2) is 5.82 Å². The number of rotatable bonds is 6. The number of benzene rings is 1. The van der Waals surface area contributed by atoms with Crippen molar-refractivity contribution in [1.82, 2.24) is 19.9 Å². The van der Waals surface area contributed by atoms with E-state index < -0.39 is 5.82 Å². The smallest absolute Gasteiger partial charge is 0.319 e. The Morgan fingerprint density at radius 3 is 2.73 bits per heavy atom. The van der Waals surface area contributed by atoms with Crippen LogP contribution in [-0.4, -0.2) is 58.2 Å². The molecular weight excluding hydrogens is 465 g/mol. The van der Waals surface area contributed by atoms with E-state index in [1.807, 2.05) is 25.1 Å². The third-order valence-corrected chi connectivity index (χ3v) is 8.73. The van der Waals surface area contributed by atoms with Gasteiger partial charge in [-0.25, -0.2) is 4.39 Å². The lowest BCUT2D eigenvalue weighted by atomic mass is 9.95. The summed E-state index contributed by atoms with van der Waals surface area (Å²) in [6, 6.07) is 6.05. The van der Waals surface area contributed by atoms with E-state index in [1.54, 1.807) is 12.3 Å². The van der Waals surface area contributed by atoms with Crippen molar-refractivity contribution in [2.24, 2.45) is 5.92 Å². The Hall–Kier alpha value is -3.06. The molecule has 0 saturated carbocycles. The number of fused-ring (bicyclic) bond motifs is 2. The fourth-order valence-corrected chi connectivity index (χ4v) is 6.69. The minimum Gasteiger partial charge on any atom is -0.461 e. The number of ether oxygens (including phenoxy) is 1. The third-order valence-electron chi connectivity index (χ3n) is 8.73. The maximum atomic E-state index is 16.3. The van der Waals surface area contributed by atoms with Crippen LogP contribution in [0.2, 0.25) is 0 Å². The predicted octanol–water partition coefficient (Wildman–Crippen LogP) is 6.03. The van der Waals surface area contributed by atoms with Crippen LogP contribution in [-0.2, 0) is 0 Å². The zero-order valence-electron chi connectivity index (χ0n) is 22.0. The van der Waals surface area contributed by atoms with E-state index in [0.717, 1.165) is 67.9 Å². The van der Waals surface area contributed by atoms with Gasteiger partial charge in [0.2, 0.25) is 0 Å². The van der Waals surface area contributed by atoms with E-state index in [4.69, 9.17) is 9.72 Å². The molecule has 3 saturated heterocycles. The number of hydrogen-bond acceptors (Lipinski definition) is 6. The van der Waals surface area contributed by atoms with Gasteiger partial charge in [0.25, 0.3) is 0 Å². The molecule has 0 spiro atoms. The summed E-state index contributed by atoms with van der Waals surface area (Å²) in [4.78, 5) is 19.0. The van der Waals surface area contributed by atoms with E-state index in [0.29, 0.717) is 23.6 Å². The van der Waals surface area contributed by atoms with Gasteiger partial charge >= 0.3 is 6.01 Å². The molecule has 0 bridgehead atoms. The van der Waals surface area contributed by atoms with Crippen LogP contribution < -0.4 is 9.64 Å². The number of anilines is 1. The molecule has 194 valence electrons. The normalized spacial score (nSPS) is 21.4. The van der Waals surface area contributed by atoms with Gasteiger partial charge in [-0.15, -0.1) is 0 Å². The van der Waals surface area contributed by atoms with Gasteiger partial charge in [-0.2, -0.15) is 9.97 Å². The lowest BCUT2D eigenvalue weighted by Gasteiger charge is -2.33. The van der Waals surface area contributed by atoms with Gasteiger partial charge in [-0.05, 0) is 75.6 Å². The number of halogens is 1. The average Bonchev–Trinajstić information content (AvgIpc) is 3.49. The van der Waals surface area contributed by atoms with Crippen LogP contribution in [0.25, 0.3) is 28.2 Å². The number of aromatic nitrogens is 3. The van der Waals surface area contributed by atoms with Gasteiger partial charge in [-0.3, -0.25) is 9.88 Å². The summed E-state index contributed by atoms with van der Waals surface area (Å²) in [5, 5.41) is 0.641. The largest absolute Gasteiger partial charge is 0.461 e. The number of pyridine rings is 1. The number of nitrogens with zero attached hydrogens (tertiary/aromatic N) is 5. The Bertz CT molecular complexity index is 1330. The van der Waals surface area contributed by atoms with Crippen molar-refractivity contribution in [2.45, 2.75) is 57.9 Å². The Labute approximate surface area is 218 Å². The molecule has 3 fully saturated rings. The first-order valence-electron chi connectivity index (χ1n) is 13.7. The van der Waals surface area contributed by atoms with Crippen molar-refractivity contribution < 1.29 is 9.13 Å². The molecular formula is C30H36FN5O. The predicted molar refractivity (Wildman–Crippen MR) is 146 cm³/mol. The first kappa shape index (κ1) is 24.3. The molecule has 1 atom stereocenters. The van der Waals surface area contributed by atoms with E-state index in [1.165, 1.54) is 19.3 Å². The van der Waals surface area contributed by atoms with Gasteiger partial charge < -0.3 is 9.64 Å². The summed E-state index contributed by atoms with van der Waals surface area (Å²) < 4.78 is 22.6. The van der Waals surface area contributed by atoms with Crippen molar-refractivity contribution >= 4 is 22.8 Å². The molecule has 0 radical (unpaired) electrons. The molecule has 0 amide bonds. The standard InChI is InChI=1S/C30H36FN5O/c1-4-22-10-5-11-23(21(22)3)26-25(31)27-24(17-32-26)28(35-14-6-9-20(2)18-35)34-29(33-27)37-19-30-12-7-15-36(30)16-8-13-30/h4-5,10-11,17,20H,1,6-9,12-16,18-19H2,2-3H3. The molecule has 7 heteroatoms. The number of hydrogen-bond donors (Lipinski definition) is 0. The van der Waals surface area contributed by atoms with Crippen LogP contribution in [0.4, 0.5) is 10.2 Å². The summed E-state index contributed by atoms with van der Waals surface area (Å²) >= 11 is 0. The highest BCUT2D eigenvalue weighted by Crippen LogP contribution is 2.40. The molecule has 37 heavy (non-hydrogen) atoms. The van der Waals surface area contributed by atoms with Crippen LogP contribution >= 0.6 is 0 Å². The molecule has 5 heterocycles. The maximum absolute atomic E-state index is 16.3. The maximum Gasteiger partial charge on any atom is 0.319 e. The SMILES string of the molecule is C=Cc1cccc(-c2ncc3c(N4CCCC(C)C4)nc(OCC45CCCN4CCC5)nc3c2F)c1C. The zero-order valence-corrected chi connectivity index (χ0v) is 22.0. The second-order valence-corrected chi connectivity index (χ2v) is 11.1. The fourth-order valence-electron chi connectivity index (χ4n) is 6.69. The van der Waals surface area contributed by atoms with Gasteiger partial charge in [0, 0.05) is 24.8 Å². The van der Waals surface area contributed by atoms with Gasteiger partial charge in [0.1, 0.15) is 23.6 Å². The molecule has 3 aliphatic rings. The molecule has 1 aromatic carbocycles. The molecule has 2 aromatic heterocycles. The highest BCUT2D eigenvalue weighted by atomic mass is 19.1. The van der Waals surface area contributed by atoms with Crippen molar-refractivity contribution in [1.29, 1.82) is 0 Å². The van der Waals surface area contributed by atoms with E-state index >= 15 is 4.39 Å². The first-order valence-corrected chi connectivity index (χ1v) is 13.7. The minimum absolute atomic E-state index is 0.0717. The second-order valence-electron chi connectivity index (χ2n) is 11.1. The molecule has 0 aliphatic carbocycles. The van der Waals surface area contributed by atoms with Crippen molar-refractivity contribution in [3.05, 3.63) is 47.9 Å². The van der Waals surface area contributed by atoms with Crippen LogP contribution in [0.1, 0.15) is 56.6 Å². The molecule has 1 unspecified atom stereocenters. The van der Waals surface area contributed by atoms with Crippen molar-refractivity contribution in [3.8, 4) is 17.3 Å². The van der Waals surface area contributed by atoms with Gasteiger partial charge in [0.05, 0.1) is 10.9 Å². The molecule has 0 N–H and O–H groups in total. The fraction of sp³-hybridized carbons (Fsp3) is 0.500. The quantitative estimate of drug-likeness (QED) is 0.411. The lowest BCUT2D eigenvalue weighted by molar-refractivity contribution is 0.108. The summed E-state index contributed by atoms with van der Waals surface area (Å²) in [5.41, 5.74) is 3.30. The van der Waals surface area contributed by atoms with Crippen LogP contribution in [0.15, 0.2) is 31.0 Å². The topological polar surface area (TPSA) is 54.4 Å². The molecule has 3 aliphatic heterocycles. The Morgan fingerprint density at radius 2 is 1.97 bits per heavy atom. The summed E-state index contributed by atoms with van der Waals surface area (Å²) in [5.74, 6) is 0.851. The average molecular weight is 502 g/mol. The molecule has 3 aromatic rings. The zero-order chi connectivity index (χ0) is 25.6. The van der Waals surface area contributed by atoms with Crippen molar-refractivity contribution in [2.75, 3.05) is 37.7 Å². The Kier molecular flexibility index (Phi) is 6.35. The van der Waals surface area contributed by atoms with Crippen LogP contribution in [0.3, 0.4) is 0 Å². The third kappa shape index (κ3) is 4.27. The summed E-state index contributed by atoms with van der Waals surface area (Å²) in [6.07, 6.45) is 10.5. The van der Waals surface area contributed by atoms with Crippen molar-refractivity contribution in [3.63, 3.8) is 0 Å². The second kappa shape index (κ2) is 9.67. The van der Waals surface area contributed by atoms with E-state index in [2.05, 4.69) is 33.3 Å². The lowest BCUT2D eigenvalue weighted by Crippen LogP contribution is -2.43.